The van der Waals surface area contributed by atoms with Gasteiger partial charge in [-0.05, 0) is 42.7 Å². The third-order valence-electron chi connectivity index (χ3n) is 4.60. The van der Waals surface area contributed by atoms with E-state index in [0.29, 0.717) is 23.7 Å². The second kappa shape index (κ2) is 10.6. The average Bonchev–Trinajstić information content (AvgIpc) is 2.76. The molecular formula is C24H26N2O4S. The van der Waals surface area contributed by atoms with Gasteiger partial charge >= 0.3 is 0 Å². The van der Waals surface area contributed by atoms with Crippen LogP contribution >= 0.6 is 0 Å². The van der Waals surface area contributed by atoms with E-state index in [1.807, 2.05) is 48.5 Å². The summed E-state index contributed by atoms with van der Waals surface area (Å²) in [6.45, 7) is 0.146. The van der Waals surface area contributed by atoms with Crippen LogP contribution in [0.1, 0.15) is 12.0 Å². The Labute approximate surface area is 183 Å². The monoisotopic (exact) mass is 438 g/mol. The lowest BCUT2D eigenvalue weighted by Gasteiger charge is -2.24. The zero-order valence-corrected chi connectivity index (χ0v) is 18.2. The molecule has 0 heterocycles. The summed E-state index contributed by atoms with van der Waals surface area (Å²) in [5, 5.41) is 2.81. The summed E-state index contributed by atoms with van der Waals surface area (Å²) < 4.78 is 31.9. The molecule has 1 amide bonds. The number of nitrogens with one attached hydrogen (secondary N) is 1. The predicted octanol–water partition coefficient (Wildman–Crippen LogP) is 3.99. The van der Waals surface area contributed by atoms with Crippen LogP contribution in [0.15, 0.2) is 84.9 Å². The Hall–Kier alpha value is -3.32. The molecule has 0 spiro atoms. The third kappa shape index (κ3) is 6.86. The number of carbonyl (C=O) groups excluding carboxylic acids is 1. The molecule has 0 aliphatic rings. The molecule has 0 atom stereocenters. The first-order valence-electron chi connectivity index (χ1n) is 10.0. The normalized spacial score (nSPS) is 11.0. The van der Waals surface area contributed by atoms with Crippen LogP contribution in [0.4, 0.5) is 5.69 Å². The third-order valence-corrected chi connectivity index (χ3v) is 5.73. The zero-order chi connectivity index (χ0) is 22.1. The minimum atomic E-state index is -3.71. The van der Waals surface area contributed by atoms with Crippen LogP contribution in [0.2, 0.25) is 0 Å². The molecule has 0 radical (unpaired) electrons. The van der Waals surface area contributed by atoms with E-state index < -0.39 is 10.0 Å². The molecule has 0 saturated heterocycles. The van der Waals surface area contributed by atoms with Gasteiger partial charge in [-0.1, -0.05) is 60.7 Å². The van der Waals surface area contributed by atoms with E-state index in [1.165, 1.54) is 5.56 Å². The number of hydrogen-bond acceptors (Lipinski definition) is 4. The summed E-state index contributed by atoms with van der Waals surface area (Å²) in [4.78, 5) is 12.5. The summed E-state index contributed by atoms with van der Waals surface area (Å²) >= 11 is 0. The van der Waals surface area contributed by atoms with Gasteiger partial charge in [0.25, 0.3) is 0 Å². The van der Waals surface area contributed by atoms with Gasteiger partial charge in [-0.25, -0.2) is 8.42 Å². The van der Waals surface area contributed by atoms with E-state index in [2.05, 4.69) is 5.32 Å². The number of nitrogens with zero attached hydrogens (tertiary/aromatic N) is 1. The molecule has 31 heavy (non-hydrogen) atoms. The minimum Gasteiger partial charge on any atom is -0.455 e. The van der Waals surface area contributed by atoms with Crippen LogP contribution in [-0.2, 0) is 21.2 Å². The van der Waals surface area contributed by atoms with Gasteiger partial charge < -0.3 is 10.1 Å². The van der Waals surface area contributed by atoms with E-state index in [9.17, 15) is 13.2 Å². The van der Waals surface area contributed by atoms with Crippen LogP contribution in [0.5, 0.6) is 11.5 Å². The van der Waals surface area contributed by atoms with E-state index in [-0.39, 0.29) is 12.5 Å². The summed E-state index contributed by atoms with van der Waals surface area (Å²) in [5.74, 6) is 0.567. The number of ether oxygens (including phenoxy) is 1. The lowest BCUT2D eigenvalue weighted by Crippen LogP contribution is -2.40. The number of sulfonamides is 1. The van der Waals surface area contributed by atoms with Crippen LogP contribution in [0.3, 0.4) is 0 Å². The highest BCUT2D eigenvalue weighted by atomic mass is 32.2. The number of hydrogen-bond donors (Lipinski definition) is 1. The maximum atomic E-state index is 12.5. The maximum absolute atomic E-state index is 12.5. The van der Waals surface area contributed by atoms with Gasteiger partial charge in [0.1, 0.15) is 12.3 Å². The standard InChI is InChI=1S/C24H26N2O4S/c1-31(28,29)26(19-24(27)25-18-10-13-20-11-4-2-5-12-20)22-16-8-9-17-23(22)30-21-14-6-3-7-15-21/h2-9,11-12,14-17H,10,13,18-19H2,1H3,(H,25,27). The van der Waals surface area contributed by atoms with Crippen LogP contribution in [0.25, 0.3) is 0 Å². The van der Waals surface area contributed by atoms with E-state index in [0.717, 1.165) is 23.4 Å². The predicted molar refractivity (Wildman–Crippen MR) is 123 cm³/mol. The highest BCUT2D eigenvalue weighted by Gasteiger charge is 2.24. The van der Waals surface area contributed by atoms with Gasteiger partial charge in [-0.2, -0.15) is 0 Å². The molecule has 3 rings (SSSR count). The number of rotatable bonds is 10. The second-order valence-corrected chi connectivity index (χ2v) is 9.00. The summed E-state index contributed by atoms with van der Waals surface area (Å²) in [6.07, 6.45) is 2.68. The lowest BCUT2D eigenvalue weighted by molar-refractivity contribution is -0.119. The molecule has 162 valence electrons. The Bertz CT molecular complexity index is 1090. The fourth-order valence-corrected chi connectivity index (χ4v) is 3.96. The molecule has 3 aromatic carbocycles. The van der Waals surface area contributed by atoms with Crippen molar-refractivity contribution in [2.24, 2.45) is 0 Å². The van der Waals surface area contributed by atoms with Gasteiger partial charge in [-0.15, -0.1) is 0 Å². The molecule has 0 unspecified atom stereocenters. The molecule has 0 saturated carbocycles. The minimum absolute atomic E-state index is 0.313. The maximum Gasteiger partial charge on any atom is 0.240 e. The molecule has 3 aromatic rings. The Morgan fingerprint density at radius 1 is 0.903 bits per heavy atom. The molecule has 0 aliphatic carbocycles. The molecule has 0 aliphatic heterocycles. The number of para-hydroxylation sites is 3. The van der Waals surface area contributed by atoms with Gasteiger partial charge in [0.05, 0.1) is 11.9 Å². The van der Waals surface area contributed by atoms with Gasteiger partial charge in [0, 0.05) is 6.54 Å². The summed E-state index contributed by atoms with van der Waals surface area (Å²) in [7, 11) is -3.71. The van der Waals surface area contributed by atoms with Crippen molar-refractivity contribution in [1.29, 1.82) is 0 Å². The molecular weight excluding hydrogens is 412 g/mol. The summed E-state index contributed by atoms with van der Waals surface area (Å²) in [5.41, 5.74) is 1.51. The molecule has 0 bridgehead atoms. The fraction of sp³-hybridized carbons (Fsp3) is 0.208. The van der Waals surface area contributed by atoms with Crippen LogP contribution in [-0.4, -0.2) is 33.7 Å². The first-order chi connectivity index (χ1) is 14.9. The Balaban J connectivity index is 1.66. The number of benzene rings is 3. The fourth-order valence-electron chi connectivity index (χ4n) is 3.10. The average molecular weight is 439 g/mol. The first kappa shape index (κ1) is 22.4. The Kier molecular flexibility index (Phi) is 7.67. The first-order valence-corrected chi connectivity index (χ1v) is 11.9. The smallest absolute Gasteiger partial charge is 0.240 e. The highest BCUT2D eigenvalue weighted by Crippen LogP contribution is 2.33. The van der Waals surface area contributed by atoms with Crippen molar-refractivity contribution in [3.8, 4) is 11.5 Å². The summed E-state index contributed by atoms with van der Waals surface area (Å²) in [6, 6.07) is 25.9. The quantitative estimate of drug-likeness (QED) is 0.486. The number of anilines is 1. The van der Waals surface area contributed by atoms with Gasteiger partial charge in [0.2, 0.25) is 15.9 Å². The number of aryl methyl sites for hydroxylation is 1. The SMILES string of the molecule is CS(=O)(=O)N(CC(=O)NCCCc1ccccc1)c1ccccc1Oc1ccccc1. The van der Waals surface area contributed by atoms with Crippen molar-refractivity contribution in [2.45, 2.75) is 12.8 Å². The van der Waals surface area contributed by atoms with E-state index in [4.69, 9.17) is 4.74 Å². The highest BCUT2D eigenvalue weighted by molar-refractivity contribution is 7.92. The van der Waals surface area contributed by atoms with Gasteiger partial charge in [-0.3, -0.25) is 9.10 Å². The van der Waals surface area contributed by atoms with Crippen LogP contribution in [0, 0.1) is 0 Å². The van der Waals surface area contributed by atoms with E-state index in [1.54, 1.807) is 36.4 Å². The topological polar surface area (TPSA) is 75.7 Å². The molecule has 7 heteroatoms. The lowest BCUT2D eigenvalue weighted by atomic mass is 10.1. The zero-order valence-electron chi connectivity index (χ0n) is 17.4. The second-order valence-electron chi connectivity index (χ2n) is 7.09. The number of amides is 1. The molecule has 0 aromatic heterocycles. The molecule has 6 nitrogen and oxygen atoms in total. The largest absolute Gasteiger partial charge is 0.455 e. The number of carbonyl (C=O) groups is 1. The van der Waals surface area contributed by atoms with E-state index >= 15 is 0 Å². The van der Waals surface area contributed by atoms with Crippen molar-refractivity contribution >= 4 is 21.6 Å². The van der Waals surface area contributed by atoms with Crippen molar-refractivity contribution in [2.75, 3.05) is 23.7 Å². The van der Waals surface area contributed by atoms with Crippen LogP contribution < -0.4 is 14.4 Å². The van der Waals surface area contributed by atoms with Crippen molar-refractivity contribution in [1.82, 2.24) is 5.32 Å². The van der Waals surface area contributed by atoms with Crippen molar-refractivity contribution in [3.05, 3.63) is 90.5 Å². The van der Waals surface area contributed by atoms with Crippen molar-refractivity contribution in [3.63, 3.8) is 0 Å². The van der Waals surface area contributed by atoms with Crippen molar-refractivity contribution < 1.29 is 17.9 Å². The molecule has 1 N–H and O–H groups in total. The Morgan fingerprint density at radius 3 is 2.19 bits per heavy atom. The van der Waals surface area contributed by atoms with Gasteiger partial charge in [0.15, 0.2) is 5.75 Å². The molecule has 0 fully saturated rings. The Morgan fingerprint density at radius 2 is 1.52 bits per heavy atom.